The van der Waals surface area contributed by atoms with E-state index in [1.807, 2.05) is 27.7 Å². The third kappa shape index (κ3) is 4.36. The molecule has 1 aliphatic rings. The summed E-state index contributed by atoms with van der Waals surface area (Å²) >= 11 is 0. The molecule has 3 rings (SSSR count). The first-order valence-electron chi connectivity index (χ1n) is 8.74. The van der Waals surface area contributed by atoms with Gasteiger partial charge in [0.05, 0.1) is 19.2 Å². The minimum absolute atomic E-state index is 0.0393. The first-order valence-corrected chi connectivity index (χ1v) is 8.74. The largest absolute Gasteiger partial charge is 0.383 e. The molecule has 0 radical (unpaired) electrons. The summed E-state index contributed by atoms with van der Waals surface area (Å²) in [5.74, 6) is 0.852. The molecule has 7 heteroatoms. The summed E-state index contributed by atoms with van der Waals surface area (Å²) in [6.07, 6.45) is 4.76. The quantitative estimate of drug-likeness (QED) is 0.816. The Morgan fingerprint density at radius 1 is 1.32 bits per heavy atom. The predicted octanol–water partition coefficient (Wildman–Crippen LogP) is 2.21. The lowest BCUT2D eigenvalue weighted by atomic mass is 10.0. The number of piperidine rings is 1. The van der Waals surface area contributed by atoms with Crippen LogP contribution in [0.2, 0.25) is 0 Å². The minimum atomic E-state index is -0.0592. The lowest BCUT2D eigenvalue weighted by Gasteiger charge is -2.35. The summed E-state index contributed by atoms with van der Waals surface area (Å²) in [6.45, 7) is 2.46. The Bertz CT molecular complexity index is 673. The maximum Gasteiger partial charge on any atom is 0.318 e. The number of ether oxygens (including phenoxy) is 1. The van der Waals surface area contributed by atoms with E-state index in [1.54, 1.807) is 13.4 Å². The van der Waals surface area contributed by atoms with Gasteiger partial charge < -0.3 is 19.5 Å². The van der Waals surface area contributed by atoms with Gasteiger partial charge in [-0.1, -0.05) is 30.3 Å². The van der Waals surface area contributed by atoms with E-state index in [9.17, 15) is 4.79 Å². The second kappa shape index (κ2) is 8.62. The van der Waals surface area contributed by atoms with E-state index in [0.717, 1.165) is 31.6 Å². The lowest BCUT2D eigenvalue weighted by Crippen LogP contribution is -2.46. The number of hydrogen-bond donors (Lipinski definition) is 1. The van der Waals surface area contributed by atoms with Gasteiger partial charge in [-0.3, -0.25) is 0 Å². The third-order valence-electron chi connectivity index (χ3n) is 4.49. The molecule has 134 valence electrons. The number of benzene rings is 1. The number of carbonyl (C=O) groups is 1. The van der Waals surface area contributed by atoms with Crippen molar-refractivity contribution in [3.63, 3.8) is 0 Å². The number of carbonyl (C=O) groups excluding carboxylic acids is 1. The zero-order valence-corrected chi connectivity index (χ0v) is 14.6. The van der Waals surface area contributed by atoms with Gasteiger partial charge in [0.1, 0.15) is 6.33 Å². The Morgan fingerprint density at radius 3 is 2.96 bits per heavy atom. The minimum Gasteiger partial charge on any atom is -0.383 e. The number of likely N-dealkylation sites (tertiary alicyclic amines) is 1. The Morgan fingerprint density at radius 2 is 2.16 bits per heavy atom. The molecule has 0 aliphatic carbocycles. The molecule has 2 amide bonds. The van der Waals surface area contributed by atoms with E-state index < -0.39 is 0 Å². The van der Waals surface area contributed by atoms with Gasteiger partial charge in [0.15, 0.2) is 5.82 Å². The van der Waals surface area contributed by atoms with E-state index in [4.69, 9.17) is 4.74 Å². The van der Waals surface area contributed by atoms with Crippen molar-refractivity contribution in [1.29, 1.82) is 0 Å². The molecule has 2 aromatic rings. The molecule has 2 heterocycles. The fourth-order valence-corrected chi connectivity index (χ4v) is 3.23. The summed E-state index contributed by atoms with van der Waals surface area (Å²) in [6, 6.07) is 10.1. The van der Waals surface area contributed by atoms with Gasteiger partial charge >= 0.3 is 6.03 Å². The number of methoxy groups -OCH3 is 1. The molecule has 1 unspecified atom stereocenters. The number of amides is 2. The van der Waals surface area contributed by atoms with Crippen molar-refractivity contribution in [2.45, 2.75) is 31.8 Å². The Labute approximate surface area is 148 Å². The third-order valence-corrected chi connectivity index (χ3v) is 4.49. The van der Waals surface area contributed by atoms with Crippen LogP contribution in [0.15, 0.2) is 36.7 Å². The van der Waals surface area contributed by atoms with E-state index in [1.165, 1.54) is 5.56 Å². The number of urea groups is 1. The van der Waals surface area contributed by atoms with Crippen molar-refractivity contribution in [1.82, 2.24) is 25.0 Å². The second-order valence-electron chi connectivity index (χ2n) is 6.23. The van der Waals surface area contributed by atoms with E-state index >= 15 is 0 Å². The normalized spacial score (nSPS) is 17.5. The van der Waals surface area contributed by atoms with Gasteiger partial charge in [0.25, 0.3) is 0 Å². The second-order valence-corrected chi connectivity index (χ2v) is 6.23. The number of nitrogens with zero attached hydrogens (tertiary/aromatic N) is 4. The monoisotopic (exact) mass is 343 g/mol. The lowest BCUT2D eigenvalue weighted by molar-refractivity contribution is 0.140. The molecule has 7 nitrogen and oxygen atoms in total. The van der Waals surface area contributed by atoms with Crippen LogP contribution < -0.4 is 5.32 Å². The number of hydrogen-bond acceptors (Lipinski definition) is 4. The summed E-state index contributed by atoms with van der Waals surface area (Å²) < 4.78 is 7.05. The zero-order valence-electron chi connectivity index (χ0n) is 14.6. The molecule has 1 fully saturated rings. The highest BCUT2D eigenvalue weighted by Gasteiger charge is 2.31. The molecular weight excluding hydrogens is 318 g/mol. The maximum absolute atomic E-state index is 12.5. The fraction of sp³-hybridized carbons (Fsp3) is 0.500. The van der Waals surface area contributed by atoms with Crippen molar-refractivity contribution < 1.29 is 9.53 Å². The number of rotatable bonds is 6. The Hall–Kier alpha value is -2.41. The average Bonchev–Trinajstić information content (AvgIpc) is 3.10. The smallest absolute Gasteiger partial charge is 0.318 e. The van der Waals surface area contributed by atoms with Crippen LogP contribution in [-0.4, -0.2) is 52.5 Å². The van der Waals surface area contributed by atoms with Crippen LogP contribution in [0.25, 0.3) is 0 Å². The van der Waals surface area contributed by atoms with Crippen LogP contribution in [0.1, 0.15) is 36.7 Å². The molecule has 0 saturated carbocycles. The van der Waals surface area contributed by atoms with Crippen LogP contribution in [-0.2, 0) is 11.3 Å². The standard InChI is InChI=1S/C18H25N5O2/c1-25-12-10-19-18(24)23-11-6-5-9-16(23)17-21-20-14-22(17)13-15-7-3-2-4-8-15/h2-4,7-8,14,16H,5-6,9-13H2,1H3,(H,19,24). The molecule has 1 aromatic heterocycles. The highest BCUT2D eigenvalue weighted by Crippen LogP contribution is 2.29. The van der Waals surface area contributed by atoms with Crippen LogP contribution in [0.3, 0.4) is 0 Å². The van der Waals surface area contributed by atoms with Gasteiger partial charge in [0.2, 0.25) is 0 Å². The predicted molar refractivity (Wildman–Crippen MR) is 94.1 cm³/mol. The SMILES string of the molecule is COCCNC(=O)N1CCCCC1c1nncn1Cc1ccccc1. The van der Waals surface area contributed by atoms with Crippen LogP contribution in [0.4, 0.5) is 4.79 Å². The number of aromatic nitrogens is 3. The molecule has 0 spiro atoms. The van der Waals surface area contributed by atoms with E-state index in [0.29, 0.717) is 19.7 Å². The molecule has 1 aromatic carbocycles. The van der Waals surface area contributed by atoms with Gasteiger partial charge in [0, 0.05) is 20.2 Å². The average molecular weight is 343 g/mol. The fourth-order valence-electron chi connectivity index (χ4n) is 3.23. The molecule has 1 aliphatic heterocycles. The van der Waals surface area contributed by atoms with Crippen molar-refractivity contribution in [3.8, 4) is 0 Å². The van der Waals surface area contributed by atoms with E-state index in [2.05, 4.69) is 27.6 Å². The molecule has 1 N–H and O–H groups in total. The topological polar surface area (TPSA) is 72.3 Å². The van der Waals surface area contributed by atoms with Gasteiger partial charge in [-0.15, -0.1) is 10.2 Å². The molecule has 1 atom stereocenters. The first-order chi connectivity index (χ1) is 12.3. The Balaban J connectivity index is 1.74. The van der Waals surface area contributed by atoms with Crippen LogP contribution in [0.5, 0.6) is 0 Å². The zero-order chi connectivity index (χ0) is 17.5. The van der Waals surface area contributed by atoms with Gasteiger partial charge in [-0.05, 0) is 24.8 Å². The highest BCUT2D eigenvalue weighted by molar-refractivity contribution is 5.74. The summed E-state index contributed by atoms with van der Waals surface area (Å²) in [5.41, 5.74) is 1.19. The van der Waals surface area contributed by atoms with E-state index in [-0.39, 0.29) is 12.1 Å². The summed E-state index contributed by atoms with van der Waals surface area (Å²) in [7, 11) is 1.63. The van der Waals surface area contributed by atoms with Gasteiger partial charge in [-0.25, -0.2) is 4.79 Å². The van der Waals surface area contributed by atoms with Crippen LogP contribution in [0, 0.1) is 0 Å². The summed E-state index contributed by atoms with van der Waals surface area (Å²) in [5, 5.41) is 11.3. The number of nitrogens with one attached hydrogen (secondary N) is 1. The van der Waals surface area contributed by atoms with Crippen molar-refractivity contribution in [3.05, 3.63) is 48.0 Å². The first kappa shape index (κ1) is 17.4. The summed E-state index contributed by atoms with van der Waals surface area (Å²) in [4.78, 5) is 14.4. The van der Waals surface area contributed by atoms with Gasteiger partial charge in [-0.2, -0.15) is 0 Å². The van der Waals surface area contributed by atoms with Crippen molar-refractivity contribution >= 4 is 6.03 Å². The Kier molecular flexibility index (Phi) is 6.00. The highest BCUT2D eigenvalue weighted by atomic mass is 16.5. The molecular formula is C18H25N5O2. The molecule has 25 heavy (non-hydrogen) atoms. The van der Waals surface area contributed by atoms with Crippen LogP contribution >= 0.6 is 0 Å². The van der Waals surface area contributed by atoms with Crippen molar-refractivity contribution in [2.75, 3.05) is 26.8 Å². The van der Waals surface area contributed by atoms with Crippen molar-refractivity contribution in [2.24, 2.45) is 0 Å². The molecule has 1 saturated heterocycles. The molecule has 0 bridgehead atoms. The maximum atomic E-state index is 12.5.